The molecule has 2 aromatic heterocycles. The molecule has 0 aliphatic carbocycles. The van der Waals surface area contributed by atoms with Gasteiger partial charge in [0.2, 0.25) is 0 Å². The molecule has 0 spiro atoms. The Hall–Kier alpha value is -3.43. The number of furan rings is 1. The Morgan fingerprint density at radius 3 is 2.61 bits per heavy atom. The Morgan fingerprint density at radius 2 is 1.89 bits per heavy atom. The van der Waals surface area contributed by atoms with E-state index in [0.29, 0.717) is 40.4 Å². The molecule has 2 aromatic carbocycles. The van der Waals surface area contributed by atoms with Gasteiger partial charge in [0, 0.05) is 35.0 Å². The molecule has 8 nitrogen and oxygen atoms in total. The monoisotopic (exact) mass is 506 g/mol. The summed E-state index contributed by atoms with van der Waals surface area (Å²) in [6.45, 7) is 4.75. The van der Waals surface area contributed by atoms with Crippen LogP contribution in [0.4, 0.5) is 0 Å². The second-order valence-corrected chi connectivity index (χ2v) is 11.5. The number of hydrogen-bond donors (Lipinski definition) is 2. The summed E-state index contributed by atoms with van der Waals surface area (Å²) >= 11 is 0. The van der Waals surface area contributed by atoms with E-state index in [9.17, 15) is 13.2 Å². The lowest BCUT2D eigenvalue weighted by atomic mass is 9.98. The number of fused-ring (bicyclic) bond motifs is 1. The van der Waals surface area contributed by atoms with Gasteiger partial charge in [-0.3, -0.25) is 9.48 Å². The zero-order valence-corrected chi connectivity index (χ0v) is 21.3. The minimum atomic E-state index is -3.44. The van der Waals surface area contributed by atoms with Crippen molar-refractivity contribution in [2.75, 3.05) is 25.9 Å². The molecule has 1 amide bonds. The molecule has 9 heteroatoms. The van der Waals surface area contributed by atoms with Crippen molar-refractivity contribution in [3.05, 3.63) is 71.5 Å². The van der Waals surface area contributed by atoms with Crippen LogP contribution in [0.25, 0.3) is 22.3 Å². The van der Waals surface area contributed by atoms with Crippen LogP contribution in [0.2, 0.25) is 0 Å². The molecule has 188 valence electrons. The van der Waals surface area contributed by atoms with Crippen molar-refractivity contribution in [2.24, 2.45) is 5.92 Å². The highest BCUT2D eigenvalue weighted by Gasteiger charge is 2.20. The van der Waals surface area contributed by atoms with E-state index in [0.717, 1.165) is 37.2 Å². The molecule has 1 aliphatic heterocycles. The summed E-state index contributed by atoms with van der Waals surface area (Å²) in [7, 11) is -3.44. The fraction of sp³-hybridized carbons (Fsp3) is 0.333. The largest absolute Gasteiger partial charge is 0.456 e. The summed E-state index contributed by atoms with van der Waals surface area (Å²) in [5, 5.41) is 11.6. The predicted octanol–water partition coefficient (Wildman–Crippen LogP) is 3.79. The number of sulfone groups is 1. The minimum Gasteiger partial charge on any atom is -0.456 e. The van der Waals surface area contributed by atoms with E-state index in [1.807, 2.05) is 43.3 Å². The Morgan fingerprint density at radius 1 is 1.14 bits per heavy atom. The first-order valence-electron chi connectivity index (χ1n) is 12.1. The molecule has 1 fully saturated rings. The van der Waals surface area contributed by atoms with Gasteiger partial charge in [-0.1, -0.05) is 30.3 Å². The van der Waals surface area contributed by atoms with Crippen LogP contribution in [-0.4, -0.2) is 50.0 Å². The third kappa shape index (κ3) is 5.22. The molecule has 3 heterocycles. The molecule has 0 radical (unpaired) electrons. The molecule has 0 atom stereocenters. The maximum absolute atomic E-state index is 12.8. The number of rotatable bonds is 7. The minimum absolute atomic E-state index is 0.199. The Kier molecular flexibility index (Phi) is 6.68. The van der Waals surface area contributed by atoms with Gasteiger partial charge in [-0.05, 0) is 63.0 Å². The number of carbonyl (C=O) groups excluding carboxylic acids is 1. The van der Waals surface area contributed by atoms with Gasteiger partial charge in [0.1, 0.15) is 17.0 Å². The predicted molar refractivity (Wildman–Crippen MR) is 139 cm³/mol. The first kappa shape index (κ1) is 24.3. The standard InChI is InChI=1S/C27H30N4O4S/c1-18-12-24(27(32)29-16-19-8-10-28-11-9-19)30-31(18)17-22-14-23(36(2,33)34)13-21-15-25(35-26(21)22)20-6-4-3-5-7-20/h3-7,12-15,19,28H,8-11,16-17H2,1-2H3,(H,29,32). The van der Waals surface area contributed by atoms with Gasteiger partial charge in [-0.25, -0.2) is 8.42 Å². The SMILES string of the molecule is Cc1cc(C(=O)NCC2CCNCC2)nn1Cc1cc(S(C)(=O)=O)cc2cc(-c3ccccc3)oc12. The zero-order valence-electron chi connectivity index (χ0n) is 20.5. The molecular formula is C27H30N4O4S. The zero-order chi connectivity index (χ0) is 25.3. The van der Waals surface area contributed by atoms with Crippen LogP contribution in [-0.2, 0) is 16.4 Å². The molecule has 2 N–H and O–H groups in total. The molecule has 1 saturated heterocycles. The summed E-state index contributed by atoms with van der Waals surface area (Å²) < 4.78 is 32.7. The topological polar surface area (TPSA) is 106 Å². The van der Waals surface area contributed by atoms with Gasteiger partial charge in [0.15, 0.2) is 9.84 Å². The van der Waals surface area contributed by atoms with E-state index >= 15 is 0 Å². The lowest BCUT2D eigenvalue weighted by molar-refractivity contribution is 0.0938. The average Bonchev–Trinajstić information content (AvgIpc) is 3.47. The fourth-order valence-corrected chi connectivity index (χ4v) is 5.33. The van der Waals surface area contributed by atoms with E-state index in [-0.39, 0.29) is 17.3 Å². The van der Waals surface area contributed by atoms with Crippen LogP contribution in [0, 0.1) is 12.8 Å². The number of carbonyl (C=O) groups is 1. The summed E-state index contributed by atoms with van der Waals surface area (Å²) in [5.41, 5.74) is 3.34. The first-order chi connectivity index (χ1) is 17.3. The summed E-state index contributed by atoms with van der Waals surface area (Å²) in [4.78, 5) is 13.0. The number of benzene rings is 2. The third-order valence-corrected chi connectivity index (χ3v) is 7.79. The summed E-state index contributed by atoms with van der Waals surface area (Å²) in [5.74, 6) is 0.936. The lowest BCUT2D eigenvalue weighted by Crippen LogP contribution is -2.36. The van der Waals surface area contributed by atoms with E-state index in [1.54, 1.807) is 22.9 Å². The van der Waals surface area contributed by atoms with Crippen molar-refractivity contribution >= 4 is 26.7 Å². The van der Waals surface area contributed by atoms with E-state index < -0.39 is 9.84 Å². The van der Waals surface area contributed by atoms with E-state index in [2.05, 4.69) is 15.7 Å². The summed E-state index contributed by atoms with van der Waals surface area (Å²) in [6, 6.07) is 16.6. The number of amides is 1. The lowest BCUT2D eigenvalue weighted by Gasteiger charge is -2.22. The van der Waals surface area contributed by atoms with E-state index in [4.69, 9.17) is 4.42 Å². The average molecular weight is 507 g/mol. The second-order valence-electron chi connectivity index (χ2n) is 9.48. The number of hydrogen-bond acceptors (Lipinski definition) is 6. The summed E-state index contributed by atoms with van der Waals surface area (Å²) in [6.07, 6.45) is 3.29. The van der Waals surface area contributed by atoms with Crippen LogP contribution < -0.4 is 10.6 Å². The smallest absolute Gasteiger partial charge is 0.271 e. The third-order valence-electron chi connectivity index (χ3n) is 6.70. The Bertz CT molecular complexity index is 1500. The highest BCUT2D eigenvalue weighted by Crippen LogP contribution is 2.32. The van der Waals surface area contributed by atoms with Crippen molar-refractivity contribution < 1.29 is 17.6 Å². The molecule has 0 unspecified atom stereocenters. The van der Waals surface area contributed by atoms with Gasteiger partial charge < -0.3 is 15.1 Å². The number of aryl methyl sites for hydroxylation is 1. The van der Waals surface area contributed by atoms with Gasteiger partial charge in [0.25, 0.3) is 5.91 Å². The molecule has 0 saturated carbocycles. The highest BCUT2D eigenvalue weighted by molar-refractivity contribution is 7.90. The van der Waals surface area contributed by atoms with Crippen LogP contribution in [0.5, 0.6) is 0 Å². The highest BCUT2D eigenvalue weighted by atomic mass is 32.2. The molecule has 0 bridgehead atoms. The van der Waals surface area contributed by atoms with Gasteiger partial charge >= 0.3 is 0 Å². The molecule has 5 rings (SSSR count). The van der Waals surface area contributed by atoms with Gasteiger partial charge in [0.05, 0.1) is 11.4 Å². The molecule has 36 heavy (non-hydrogen) atoms. The van der Waals surface area contributed by atoms with Crippen LogP contribution in [0.1, 0.15) is 34.6 Å². The van der Waals surface area contributed by atoms with Crippen molar-refractivity contribution in [2.45, 2.75) is 31.2 Å². The van der Waals surface area contributed by atoms with Crippen LogP contribution in [0.15, 0.2) is 63.9 Å². The number of aromatic nitrogens is 2. The fourth-order valence-electron chi connectivity index (χ4n) is 4.63. The molecular weight excluding hydrogens is 476 g/mol. The van der Waals surface area contributed by atoms with Crippen molar-refractivity contribution in [1.29, 1.82) is 0 Å². The quantitative estimate of drug-likeness (QED) is 0.395. The molecule has 4 aromatic rings. The maximum Gasteiger partial charge on any atom is 0.271 e. The molecule has 1 aliphatic rings. The van der Waals surface area contributed by atoms with Crippen molar-refractivity contribution in [1.82, 2.24) is 20.4 Å². The normalized spacial score (nSPS) is 14.8. The number of nitrogens with zero attached hydrogens (tertiary/aromatic N) is 2. The van der Waals surface area contributed by atoms with Crippen LogP contribution in [0.3, 0.4) is 0 Å². The van der Waals surface area contributed by atoms with E-state index in [1.165, 1.54) is 6.26 Å². The Labute approximate surface area is 210 Å². The second kappa shape index (κ2) is 9.91. The number of nitrogens with one attached hydrogen (secondary N) is 2. The Balaban J connectivity index is 1.44. The first-order valence-corrected chi connectivity index (χ1v) is 14.0. The van der Waals surface area contributed by atoms with Crippen molar-refractivity contribution in [3.63, 3.8) is 0 Å². The van der Waals surface area contributed by atoms with Crippen LogP contribution >= 0.6 is 0 Å². The van der Waals surface area contributed by atoms with Gasteiger partial charge in [-0.15, -0.1) is 0 Å². The maximum atomic E-state index is 12.8. The number of piperidine rings is 1. The van der Waals surface area contributed by atoms with Gasteiger partial charge in [-0.2, -0.15) is 5.10 Å². The van der Waals surface area contributed by atoms with Crippen molar-refractivity contribution in [3.8, 4) is 11.3 Å².